The molecule has 1 aromatic carbocycles. The van der Waals surface area contributed by atoms with Crippen LogP contribution in [-0.4, -0.2) is 58.5 Å². The standard InChI is InChI=1S/C17H21N5O4/c1-10-19-12-8-13(25-2)14(7-11(12)15(20-10)21-24)26-16(23)22-6-5-18-9-17(22)3-4-17/h7-8,18,24H,3-6,9H2,1-2H3,(H,19,20,21). The van der Waals surface area contributed by atoms with Gasteiger partial charge in [0.1, 0.15) is 5.82 Å². The molecule has 0 radical (unpaired) electrons. The lowest BCUT2D eigenvalue weighted by molar-refractivity contribution is 0.109. The number of carbonyl (C=O) groups is 1. The molecular weight excluding hydrogens is 338 g/mol. The van der Waals surface area contributed by atoms with Crippen molar-refractivity contribution in [3.8, 4) is 11.5 Å². The molecule has 4 rings (SSSR count). The fourth-order valence-corrected chi connectivity index (χ4v) is 3.45. The lowest BCUT2D eigenvalue weighted by atomic mass is 10.2. The van der Waals surface area contributed by atoms with Gasteiger partial charge in [0.05, 0.1) is 18.2 Å². The Balaban J connectivity index is 1.69. The normalized spacial score (nSPS) is 18.0. The predicted molar refractivity (Wildman–Crippen MR) is 93.8 cm³/mol. The Morgan fingerprint density at radius 2 is 2.15 bits per heavy atom. The molecule has 1 spiro atoms. The van der Waals surface area contributed by atoms with Crippen molar-refractivity contribution in [2.75, 3.05) is 32.2 Å². The van der Waals surface area contributed by atoms with Crippen LogP contribution in [0.1, 0.15) is 18.7 Å². The average Bonchev–Trinajstić information content (AvgIpc) is 3.40. The molecule has 9 nitrogen and oxygen atoms in total. The van der Waals surface area contributed by atoms with Crippen molar-refractivity contribution in [2.45, 2.75) is 25.3 Å². The highest BCUT2D eigenvalue weighted by Crippen LogP contribution is 2.43. The van der Waals surface area contributed by atoms with Gasteiger partial charge in [0.2, 0.25) is 0 Å². The van der Waals surface area contributed by atoms with Crippen LogP contribution in [0.15, 0.2) is 12.1 Å². The molecular formula is C17H21N5O4. The van der Waals surface area contributed by atoms with Gasteiger partial charge in [0.15, 0.2) is 17.3 Å². The lowest BCUT2D eigenvalue weighted by Gasteiger charge is -2.35. The minimum absolute atomic E-state index is 0.114. The highest BCUT2D eigenvalue weighted by Gasteiger charge is 2.52. The van der Waals surface area contributed by atoms with E-state index in [0.29, 0.717) is 29.0 Å². The van der Waals surface area contributed by atoms with Crippen LogP contribution >= 0.6 is 0 Å². The van der Waals surface area contributed by atoms with Gasteiger partial charge in [-0.1, -0.05) is 0 Å². The molecule has 0 unspecified atom stereocenters. The van der Waals surface area contributed by atoms with Gasteiger partial charge in [-0.25, -0.2) is 14.8 Å². The maximum Gasteiger partial charge on any atom is 0.415 e. The molecule has 9 heteroatoms. The van der Waals surface area contributed by atoms with E-state index in [2.05, 4.69) is 20.8 Å². The summed E-state index contributed by atoms with van der Waals surface area (Å²) in [6.07, 6.45) is 1.57. The van der Waals surface area contributed by atoms with Gasteiger partial charge >= 0.3 is 6.09 Å². The first kappa shape index (κ1) is 16.8. The van der Waals surface area contributed by atoms with Gasteiger partial charge < -0.3 is 14.8 Å². The summed E-state index contributed by atoms with van der Waals surface area (Å²) in [4.78, 5) is 23.0. The second kappa shape index (κ2) is 6.26. The molecule has 138 valence electrons. The van der Waals surface area contributed by atoms with E-state index in [4.69, 9.17) is 9.47 Å². The number of nitrogens with zero attached hydrogens (tertiary/aromatic N) is 3. The number of aryl methyl sites for hydroxylation is 1. The van der Waals surface area contributed by atoms with Crippen LogP contribution in [0.25, 0.3) is 10.9 Å². The largest absolute Gasteiger partial charge is 0.493 e. The van der Waals surface area contributed by atoms with Crippen molar-refractivity contribution in [2.24, 2.45) is 0 Å². The molecule has 26 heavy (non-hydrogen) atoms. The topological polar surface area (TPSA) is 109 Å². The lowest BCUT2D eigenvalue weighted by Crippen LogP contribution is -2.56. The van der Waals surface area contributed by atoms with Gasteiger partial charge in [-0.2, -0.15) is 0 Å². The van der Waals surface area contributed by atoms with Crippen LogP contribution in [0, 0.1) is 6.92 Å². The smallest absolute Gasteiger partial charge is 0.415 e. The number of amides is 1. The number of methoxy groups -OCH3 is 1. The zero-order valence-electron chi connectivity index (χ0n) is 14.7. The molecule has 3 N–H and O–H groups in total. The number of anilines is 1. The first-order valence-electron chi connectivity index (χ1n) is 8.53. The van der Waals surface area contributed by atoms with Crippen molar-refractivity contribution >= 4 is 22.8 Å². The molecule has 2 aromatic rings. The van der Waals surface area contributed by atoms with Crippen molar-refractivity contribution in [3.05, 3.63) is 18.0 Å². The van der Waals surface area contributed by atoms with Gasteiger partial charge in [0, 0.05) is 31.1 Å². The van der Waals surface area contributed by atoms with Crippen LogP contribution in [0.5, 0.6) is 11.5 Å². The first-order chi connectivity index (χ1) is 12.6. The summed E-state index contributed by atoms with van der Waals surface area (Å²) in [7, 11) is 1.50. The molecule has 1 aromatic heterocycles. The highest BCUT2D eigenvalue weighted by molar-refractivity contribution is 5.92. The summed E-state index contributed by atoms with van der Waals surface area (Å²) in [5, 5.41) is 13.2. The van der Waals surface area contributed by atoms with Gasteiger partial charge in [-0.15, -0.1) is 0 Å². The van der Waals surface area contributed by atoms with E-state index in [-0.39, 0.29) is 17.1 Å². The Hall–Kier alpha value is -2.65. The fourth-order valence-electron chi connectivity index (χ4n) is 3.45. The molecule has 0 bridgehead atoms. The SMILES string of the molecule is COc1cc2nc(C)nc(NO)c2cc1OC(=O)N1CCNCC12CC2. The number of hydrogen-bond donors (Lipinski definition) is 3. The number of aromatic nitrogens is 2. The van der Waals surface area contributed by atoms with E-state index >= 15 is 0 Å². The maximum absolute atomic E-state index is 12.8. The zero-order chi connectivity index (χ0) is 18.3. The van der Waals surface area contributed by atoms with E-state index in [1.54, 1.807) is 24.0 Å². The summed E-state index contributed by atoms with van der Waals surface area (Å²) in [5.41, 5.74) is 2.53. The number of piperazine rings is 1. The minimum atomic E-state index is -0.395. The molecule has 1 saturated carbocycles. The summed E-state index contributed by atoms with van der Waals surface area (Å²) in [5.74, 6) is 1.40. The fraction of sp³-hybridized carbons (Fsp3) is 0.471. The van der Waals surface area contributed by atoms with Gasteiger partial charge in [0.25, 0.3) is 0 Å². The molecule has 2 heterocycles. The second-order valence-electron chi connectivity index (χ2n) is 6.67. The monoisotopic (exact) mass is 359 g/mol. The van der Waals surface area contributed by atoms with Crippen molar-refractivity contribution in [1.29, 1.82) is 0 Å². The number of ether oxygens (including phenoxy) is 2. The Labute approximate surface area is 150 Å². The summed E-state index contributed by atoms with van der Waals surface area (Å²) >= 11 is 0. The van der Waals surface area contributed by atoms with Crippen molar-refractivity contribution in [1.82, 2.24) is 20.2 Å². The van der Waals surface area contributed by atoms with E-state index in [1.165, 1.54) is 7.11 Å². The molecule has 1 aliphatic carbocycles. The predicted octanol–water partition coefficient (Wildman–Crippen LogP) is 1.68. The Bertz CT molecular complexity index is 868. The molecule has 1 aliphatic heterocycles. The van der Waals surface area contributed by atoms with Crippen LogP contribution < -0.4 is 20.3 Å². The number of hydrogen-bond acceptors (Lipinski definition) is 8. The third-order valence-corrected chi connectivity index (χ3v) is 4.98. The number of fused-ring (bicyclic) bond motifs is 1. The second-order valence-corrected chi connectivity index (χ2v) is 6.67. The number of carbonyl (C=O) groups excluding carboxylic acids is 1. The zero-order valence-corrected chi connectivity index (χ0v) is 14.7. The molecule has 1 saturated heterocycles. The van der Waals surface area contributed by atoms with Crippen LogP contribution in [0.2, 0.25) is 0 Å². The highest BCUT2D eigenvalue weighted by atomic mass is 16.6. The van der Waals surface area contributed by atoms with Crippen molar-refractivity contribution < 1.29 is 19.5 Å². The van der Waals surface area contributed by atoms with Gasteiger partial charge in [-0.05, 0) is 25.8 Å². The third-order valence-electron chi connectivity index (χ3n) is 4.98. The van der Waals surface area contributed by atoms with Crippen LogP contribution in [0.4, 0.5) is 10.6 Å². The summed E-state index contributed by atoms with van der Waals surface area (Å²) in [6.45, 7) is 3.88. The molecule has 2 aliphatic rings. The van der Waals surface area contributed by atoms with Crippen molar-refractivity contribution in [3.63, 3.8) is 0 Å². The Morgan fingerprint density at radius 1 is 1.35 bits per heavy atom. The third kappa shape index (κ3) is 2.78. The van der Waals surface area contributed by atoms with E-state index in [0.717, 1.165) is 25.9 Å². The van der Waals surface area contributed by atoms with Gasteiger partial charge in [-0.3, -0.25) is 15.6 Å². The minimum Gasteiger partial charge on any atom is -0.493 e. The maximum atomic E-state index is 12.8. The number of rotatable bonds is 3. The van der Waals surface area contributed by atoms with E-state index < -0.39 is 6.09 Å². The Kier molecular flexibility index (Phi) is 4.04. The molecule has 2 fully saturated rings. The summed E-state index contributed by atoms with van der Waals surface area (Å²) in [6, 6.07) is 3.27. The van der Waals surface area contributed by atoms with Crippen LogP contribution in [-0.2, 0) is 0 Å². The number of benzene rings is 1. The Morgan fingerprint density at radius 3 is 2.85 bits per heavy atom. The first-order valence-corrected chi connectivity index (χ1v) is 8.53. The quantitative estimate of drug-likeness (QED) is 0.711. The van der Waals surface area contributed by atoms with Crippen LogP contribution in [0.3, 0.4) is 0 Å². The molecule has 0 atom stereocenters. The number of nitrogens with one attached hydrogen (secondary N) is 2. The average molecular weight is 359 g/mol. The van der Waals surface area contributed by atoms with E-state index in [9.17, 15) is 10.0 Å². The van der Waals surface area contributed by atoms with E-state index in [1.807, 2.05) is 0 Å². The summed E-state index contributed by atoms with van der Waals surface area (Å²) < 4.78 is 11.0. The molecule has 1 amide bonds.